The number of ether oxygens (including phenoxy) is 1. The topological polar surface area (TPSA) is 69.0 Å². The van der Waals surface area contributed by atoms with E-state index in [0.29, 0.717) is 12.3 Å². The smallest absolute Gasteiger partial charge is 0.244 e. The number of methoxy groups -OCH3 is 1. The maximum atomic E-state index is 12.3. The molecular formula is C26H24N4O2. The zero-order valence-corrected chi connectivity index (χ0v) is 18.0. The van der Waals surface area contributed by atoms with Gasteiger partial charge in [-0.15, -0.1) is 0 Å². The van der Waals surface area contributed by atoms with Gasteiger partial charge in [-0.1, -0.05) is 42.5 Å². The fourth-order valence-electron chi connectivity index (χ4n) is 3.32. The maximum absolute atomic E-state index is 12.3. The van der Waals surface area contributed by atoms with Crippen molar-refractivity contribution < 1.29 is 9.53 Å². The molecule has 1 N–H and O–H groups in total. The Kier molecular flexibility index (Phi) is 6.41. The van der Waals surface area contributed by atoms with Gasteiger partial charge in [0.1, 0.15) is 5.75 Å². The van der Waals surface area contributed by atoms with Crippen LogP contribution in [0.5, 0.6) is 5.75 Å². The maximum Gasteiger partial charge on any atom is 0.244 e. The largest absolute Gasteiger partial charge is 0.495 e. The van der Waals surface area contributed by atoms with Gasteiger partial charge in [0.25, 0.3) is 0 Å². The third kappa shape index (κ3) is 5.10. The van der Waals surface area contributed by atoms with Gasteiger partial charge in [0.15, 0.2) is 0 Å². The molecule has 2 aromatic carbocycles. The molecule has 6 nitrogen and oxygen atoms in total. The van der Waals surface area contributed by atoms with Gasteiger partial charge in [-0.2, -0.15) is 0 Å². The van der Waals surface area contributed by atoms with Crippen LogP contribution in [0.2, 0.25) is 0 Å². The van der Waals surface area contributed by atoms with E-state index in [-0.39, 0.29) is 5.91 Å². The van der Waals surface area contributed by atoms with Gasteiger partial charge in [0.05, 0.1) is 42.8 Å². The molecule has 6 heteroatoms. The summed E-state index contributed by atoms with van der Waals surface area (Å²) in [6.45, 7) is 2.29. The minimum atomic E-state index is -0.190. The number of nitrogens with zero attached hydrogens (tertiary/aromatic N) is 3. The molecule has 0 bridgehead atoms. The number of amides is 1. The van der Waals surface area contributed by atoms with E-state index in [2.05, 4.69) is 15.3 Å². The fourth-order valence-corrected chi connectivity index (χ4v) is 3.32. The summed E-state index contributed by atoms with van der Waals surface area (Å²) < 4.78 is 7.43. The summed E-state index contributed by atoms with van der Waals surface area (Å²) in [5.74, 6) is 0.511. The number of nitrogens with one attached hydrogen (secondary N) is 1. The molecule has 0 saturated carbocycles. The molecule has 0 aliphatic carbocycles. The summed E-state index contributed by atoms with van der Waals surface area (Å²) in [4.78, 5) is 21.2. The molecule has 0 radical (unpaired) electrons. The number of imidazole rings is 1. The van der Waals surface area contributed by atoms with E-state index in [4.69, 9.17) is 4.74 Å². The standard InChI is InChI=1S/C26H24N4O2/c1-19-17-30(18-28-19)24-13-11-20(15-25(24)32-2)12-14-26(31)27-16-22-9-6-10-23(29-22)21-7-4-3-5-8-21/h3-15,17-18H,16H2,1-2H3,(H,27,31). The van der Waals surface area contributed by atoms with Crippen molar-refractivity contribution in [1.82, 2.24) is 19.9 Å². The van der Waals surface area contributed by atoms with Crippen LogP contribution in [0, 0.1) is 6.92 Å². The number of pyridine rings is 1. The van der Waals surface area contributed by atoms with Crippen molar-refractivity contribution in [1.29, 1.82) is 0 Å². The Bertz CT molecular complexity index is 1250. The van der Waals surface area contributed by atoms with Crippen LogP contribution in [0.3, 0.4) is 0 Å². The van der Waals surface area contributed by atoms with E-state index >= 15 is 0 Å². The third-order valence-electron chi connectivity index (χ3n) is 4.94. The number of hydrogen-bond acceptors (Lipinski definition) is 4. The van der Waals surface area contributed by atoms with Crippen molar-refractivity contribution in [3.8, 4) is 22.7 Å². The van der Waals surface area contributed by atoms with E-state index in [9.17, 15) is 4.79 Å². The highest BCUT2D eigenvalue weighted by molar-refractivity contribution is 5.91. The van der Waals surface area contributed by atoms with Gasteiger partial charge in [-0.3, -0.25) is 9.78 Å². The van der Waals surface area contributed by atoms with Gasteiger partial charge in [-0.05, 0) is 42.8 Å². The number of rotatable bonds is 7. The van der Waals surface area contributed by atoms with Gasteiger partial charge >= 0.3 is 0 Å². The molecule has 0 saturated heterocycles. The Morgan fingerprint density at radius 1 is 1.09 bits per heavy atom. The lowest BCUT2D eigenvalue weighted by Crippen LogP contribution is -2.20. The Morgan fingerprint density at radius 2 is 1.94 bits per heavy atom. The molecule has 0 aliphatic rings. The number of carbonyl (C=O) groups is 1. The molecule has 0 spiro atoms. The molecule has 32 heavy (non-hydrogen) atoms. The first kappa shape index (κ1) is 21.1. The van der Waals surface area contributed by atoms with E-state index in [1.165, 1.54) is 6.08 Å². The van der Waals surface area contributed by atoms with E-state index in [0.717, 1.165) is 33.9 Å². The summed E-state index contributed by atoms with van der Waals surface area (Å²) in [5, 5.41) is 2.88. The summed E-state index contributed by atoms with van der Waals surface area (Å²) in [7, 11) is 1.62. The first-order valence-electron chi connectivity index (χ1n) is 10.3. The Balaban J connectivity index is 1.40. The van der Waals surface area contributed by atoms with Crippen LogP contribution in [0.15, 0.2) is 85.3 Å². The molecule has 0 aliphatic heterocycles. The van der Waals surface area contributed by atoms with Crippen molar-refractivity contribution >= 4 is 12.0 Å². The predicted octanol–water partition coefficient (Wildman–Crippen LogP) is 4.58. The zero-order chi connectivity index (χ0) is 22.3. The Hall–Kier alpha value is -4.19. The summed E-state index contributed by atoms with van der Waals surface area (Å²) in [6.07, 6.45) is 6.95. The minimum absolute atomic E-state index is 0.190. The average molecular weight is 425 g/mol. The number of hydrogen-bond donors (Lipinski definition) is 1. The highest BCUT2D eigenvalue weighted by Gasteiger charge is 2.07. The second-order valence-corrected chi connectivity index (χ2v) is 7.28. The summed E-state index contributed by atoms with van der Waals surface area (Å²) in [5.41, 5.74) is 5.41. The predicted molar refractivity (Wildman–Crippen MR) is 125 cm³/mol. The van der Waals surface area contributed by atoms with Crippen molar-refractivity contribution in [2.45, 2.75) is 13.5 Å². The van der Waals surface area contributed by atoms with Crippen LogP contribution < -0.4 is 10.1 Å². The monoisotopic (exact) mass is 424 g/mol. The highest BCUT2D eigenvalue weighted by Crippen LogP contribution is 2.25. The van der Waals surface area contributed by atoms with E-state index in [1.54, 1.807) is 19.5 Å². The van der Waals surface area contributed by atoms with Crippen molar-refractivity contribution in [2.24, 2.45) is 0 Å². The summed E-state index contributed by atoms with van der Waals surface area (Å²) >= 11 is 0. The molecule has 0 fully saturated rings. The molecule has 1 amide bonds. The fraction of sp³-hybridized carbons (Fsp3) is 0.115. The van der Waals surface area contributed by atoms with Crippen LogP contribution in [0.25, 0.3) is 23.0 Å². The lowest BCUT2D eigenvalue weighted by Gasteiger charge is -2.10. The van der Waals surface area contributed by atoms with Gasteiger partial charge < -0.3 is 14.6 Å². The SMILES string of the molecule is COc1cc(C=CC(=O)NCc2cccc(-c3ccccc3)n2)ccc1-n1cnc(C)c1. The van der Waals surface area contributed by atoms with Gasteiger partial charge in [-0.25, -0.2) is 4.98 Å². The molecule has 0 atom stereocenters. The highest BCUT2D eigenvalue weighted by atomic mass is 16.5. The van der Waals surface area contributed by atoms with Crippen LogP contribution in [-0.2, 0) is 11.3 Å². The number of aromatic nitrogens is 3. The second-order valence-electron chi connectivity index (χ2n) is 7.28. The van der Waals surface area contributed by atoms with Crippen LogP contribution in [-0.4, -0.2) is 27.6 Å². The van der Waals surface area contributed by atoms with Crippen molar-refractivity contribution in [3.05, 3.63) is 102 Å². The molecule has 2 aromatic heterocycles. The summed E-state index contributed by atoms with van der Waals surface area (Å²) in [6, 6.07) is 21.5. The van der Waals surface area contributed by atoms with E-state index in [1.807, 2.05) is 84.4 Å². The van der Waals surface area contributed by atoms with E-state index < -0.39 is 0 Å². The first-order valence-corrected chi connectivity index (χ1v) is 10.3. The number of aryl methyl sites for hydroxylation is 1. The molecule has 2 heterocycles. The Labute approximate surface area is 187 Å². The van der Waals surface area contributed by atoms with Gasteiger partial charge in [0, 0.05) is 17.8 Å². The molecule has 4 rings (SSSR count). The molecule has 4 aromatic rings. The number of benzene rings is 2. The number of carbonyl (C=O) groups excluding carboxylic acids is 1. The molecule has 0 unspecified atom stereocenters. The van der Waals surface area contributed by atoms with Gasteiger partial charge in [0.2, 0.25) is 5.91 Å². The minimum Gasteiger partial charge on any atom is -0.495 e. The van der Waals surface area contributed by atoms with Crippen molar-refractivity contribution in [2.75, 3.05) is 7.11 Å². The average Bonchev–Trinajstić information content (AvgIpc) is 3.28. The molecule has 160 valence electrons. The normalized spacial score (nSPS) is 10.9. The molecular weight excluding hydrogens is 400 g/mol. The Morgan fingerprint density at radius 3 is 2.69 bits per heavy atom. The van der Waals surface area contributed by atoms with Crippen molar-refractivity contribution in [3.63, 3.8) is 0 Å². The van der Waals surface area contributed by atoms with Crippen LogP contribution in [0.1, 0.15) is 17.0 Å². The quantitative estimate of drug-likeness (QED) is 0.441. The lowest BCUT2D eigenvalue weighted by molar-refractivity contribution is -0.116. The third-order valence-corrected chi connectivity index (χ3v) is 4.94. The lowest BCUT2D eigenvalue weighted by atomic mass is 10.1. The second kappa shape index (κ2) is 9.75. The zero-order valence-electron chi connectivity index (χ0n) is 18.0. The van der Waals surface area contributed by atoms with Crippen LogP contribution in [0.4, 0.5) is 0 Å². The van der Waals surface area contributed by atoms with Crippen LogP contribution >= 0.6 is 0 Å². The first-order chi connectivity index (χ1) is 15.6.